The normalized spacial score (nSPS) is 13.1. The summed E-state index contributed by atoms with van der Waals surface area (Å²) in [6, 6.07) is 15.3. The van der Waals surface area contributed by atoms with Crippen molar-refractivity contribution in [1.82, 2.24) is 15.0 Å². The summed E-state index contributed by atoms with van der Waals surface area (Å²) in [5, 5.41) is 0.999. The van der Waals surface area contributed by atoms with E-state index in [1.54, 1.807) is 0 Å². The zero-order valence-electron chi connectivity index (χ0n) is 15.6. The minimum atomic E-state index is -0.675. The number of hydrogen-bond acceptors (Lipinski definition) is 4. The average Bonchev–Trinajstić information content (AvgIpc) is 3.30. The number of nitrogens with one attached hydrogen (secondary N) is 1. The van der Waals surface area contributed by atoms with E-state index in [9.17, 15) is 9.59 Å². The maximum atomic E-state index is 12.8. The van der Waals surface area contributed by atoms with Crippen LogP contribution in [0.25, 0.3) is 22.3 Å². The van der Waals surface area contributed by atoms with Crippen LogP contribution in [0, 0.1) is 6.92 Å². The molecule has 7 nitrogen and oxygen atoms in total. The van der Waals surface area contributed by atoms with E-state index in [2.05, 4.69) is 15.0 Å². The lowest BCUT2D eigenvalue weighted by Gasteiger charge is -2.18. The highest BCUT2D eigenvalue weighted by Crippen LogP contribution is 2.37. The largest absolute Gasteiger partial charge is 0.364 e. The predicted molar refractivity (Wildman–Crippen MR) is 110 cm³/mol. The van der Waals surface area contributed by atoms with Gasteiger partial charge in [0.15, 0.2) is 5.82 Å². The fourth-order valence-corrected chi connectivity index (χ4v) is 3.65. The first-order valence-corrected chi connectivity index (χ1v) is 9.19. The molecule has 1 aliphatic rings. The third-order valence-corrected chi connectivity index (χ3v) is 5.11. The zero-order valence-corrected chi connectivity index (χ0v) is 15.6. The molecule has 142 valence electrons. The average molecular weight is 383 g/mol. The Labute approximate surface area is 166 Å². The van der Waals surface area contributed by atoms with E-state index in [-0.39, 0.29) is 18.0 Å². The molecule has 2 amide bonds. The van der Waals surface area contributed by atoms with Crippen LogP contribution in [0.5, 0.6) is 0 Å². The van der Waals surface area contributed by atoms with E-state index >= 15 is 0 Å². The Bertz CT molecular complexity index is 1290. The number of aromatic nitrogens is 3. The number of aryl methyl sites for hydroxylation is 1. The Hall–Kier alpha value is -4.00. The van der Waals surface area contributed by atoms with Crippen molar-refractivity contribution in [3.05, 3.63) is 71.5 Å². The third kappa shape index (κ3) is 2.75. The molecule has 4 aromatic rings. The number of hydrogen-bond donors (Lipinski definition) is 2. The predicted octanol–water partition coefficient (Wildman–Crippen LogP) is 3.25. The standard InChI is InChI=1S/C22H17N5O2/c1-12-2-5-15(6-3-12)27-18(28)11-16-19(20(23)29)25-21(26-22(16)27)14-4-7-17-13(10-14)8-9-24-17/h2-10,24H,11H2,1H3,(H2,23,29). The molecule has 0 aliphatic carbocycles. The van der Waals surface area contributed by atoms with Crippen LogP contribution in [-0.2, 0) is 11.2 Å². The zero-order chi connectivity index (χ0) is 20.1. The van der Waals surface area contributed by atoms with Crippen molar-refractivity contribution in [3.8, 4) is 11.4 Å². The number of benzene rings is 2. The van der Waals surface area contributed by atoms with E-state index in [1.807, 2.05) is 61.7 Å². The number of carbonyl (C=O) groups is 2. The van der Waals surface area contributed by atoms with Gasteiger partial charge in [0.05, 0.1) is 12.1 Å². The molecule has 0 fully saturated rings. The number of nitrogens with two attached hydrogens (primary N) is 1. The Morgan fingerprint density at radius 3 is 2.66 bits per heavy atom. The summed E-state index contributed by atoms with van der Waals surface area (Å²) in [5.74, 6) is -0.0793. The van der Waals surface area contributed by atoms with Gasteiger partial charge in [0.1, 0.15) is 11.5 Å². The van der Waals surface area contributed by atoms with E-state index in [4.69, 9.17) is 5.73 Å². The van der Waals surface area contributed by atoms with Gasteiger partial charge in [-0.05, 0) is 43.3 Å². The first-order valence-electron chi connectivity index (χ1n) is 9.19. The van der Waals surface area contributed by atoms with Gasteiger partial charge in [-0.15, -0.1) is 0 Å². The quantitative estimate of drug-likeness (QED) is 0.566. The number of primary amides is 1. The third-order valence-electron chi connectivity index (χ3n) is 5.11. The first-order chi connectivity index (χ1) is 14.0. The number of aromatic amines is 1. The highest BCUT2D eigenvalue weighted by Gasteiger charge is 2.35. The summed E-state index contributed by atoms with van der Waals surface area (Å²) in [4.78, 5) is 38.6. The molecule has 0 unspecified atom stereocenters. The fraction of sp³-hybridized carbons (Fsp3) is 0.0909. The smallest absolute Gasteiger partial charge is 0.267 e. The molecule has 3 N–H and O–H groups in total. The monoisotopic (exact) mass is 383 g/mol. The molecule has 0 spiro atoms. The summed E-state index contributed by atoms with van der Waals surface area (Å²) < 4.78 is 0. The number of carbonyl (C=O) groups excluding carboxylic acids is 2. The van der Waals surface area contributed by atoms with Crippen LogP contribution >= 0.6 is 0 Å². The van der Waals surface area contributed by atoms with Crippen LogP contribution in [0.15, 0.2) is 54.7 Å². The van der Waals surface area contributed by atoms with Crippen molar-refractivity contribution in [2.45, 2.75) is 13.3 Å². The summed E-state index contributed by atoms with van der Waals surface area (Å²) in [5.41, 5.74) is 9.65. The molecular formula is C22H17N5O2. The molecule has 5 rings (SSSR count). The van der Waals surface area contributed by atoms with Gasteiger partial charge < -0.3 is 10.7 Å². The molecule has 0 saturated carbocycles. The van der Waals surface area contributed by atoms with Crippen LogP contribution < -0.4 is 10.6 Å². The Kier molecular flexibility index (Phi) is 3.70. The molecular weight excluding hydrogens is 366 g/mol. The second-order valence-electron chi connectivity index (χ2n) is 7.08. The van der Waals surface area contributed by atoms with Gasteiger partial charge in [0.2, 0.25) is 5.91 Å². The number of H-pyrrole nitrogens is 1. The van der Waals surface area contributed by atoms with Crippen LogP contribution in [0.3, 0.4) is 0 Å². The van der Waals surface area contributed by atoms with Gasteiger partial charge in [-0.2, -0.15) is 0 Å². The van der Waals surface area contributed by atoms with Crippen LogP contribution in [0.1, 0.15) is 21.6 Å². The highest BCUT2D eigenvalue weighted by molar-refractivity contribution is 6.09. The highest BCUT2D eigenvalue weighted by atomic mass is 16.2. The molecule has 0 saturated heterocycles. The van der Waals surface area contributed by atoms with Gasteiger partial charge in [0.25, 0.3) is 5.91 Å². The van der Waals surface area contributed by atoms with Gasteiger partial charge in [-0.25, -0.2) is 9.97 Å². The molecule has 0 atom stereocenters. The maximum Gasteiger partial charge on any atom is 0.267 e. The molecule has 7 heteroatoms. The molecule has 3 heterocycles. The SMILES string of the molecule is Cc1ccc(N2C(=O)Cc3c(C(N)=O)nc(-c4ccc5[nH]ccc5c4)nc32)cc1. The van der Waals surface area contributed by atoms with E-state index in [0.717, 1.165) is 22.0 Å². The van der Waals surface area contributed by atoms with Gasteiger partial charge in [-0.1, -0.05) is 17.7 Å². The summed E-state index contributed by atoms with van der Waals surface area (Å²) >= 11 is 0. The molecule has 0 radical (unpaired) electrons. The maximum absolute atomic E-state index is 12.8. The molecule has 0 bridgehead atoms. The summed E-state index contributed by atoms with van der Waals surface area (Å²) in [6.45, 7) is 1.98. The van der Waals surface area contributed by atoms with Crippen molar-refractivity contribution in [1.29, 1.82) is 0 Å². The fourth-order valence-electron chi connectivity index (χ4n) is 3.65. The lowest BCUT2D eigenvalue weighted by atomic mass is 10.1. The van der Waals surface area contributed by atoms with Crippen molar-refractivity contribution in [3.63, 3.8) is 0 Å². The molecule has 29 heavy (non-hydrogen) atoms. The van der Waals surface area contributed by atoms with Crippen molar-refractivity contribution in [2.75, 3.05) is 4.90 Å². The van der Waals surface area contributed by atoms with Crippen molar-refractivity contribution in [2.24, 2.45) is 5.73 Å². The number of anilines is 2. The van der Waals surface area contributed by atoms with Gasteiger partial charge in [0, 0.05) is 28.2 Å². The number of amides is 2. The van der Waals surface area contributed by atoms with E-state index < -0.39 is 5.91 Å². The van der Waals surface area contributed by atoms with Crippen LogP contribution in [0.4, 0.5) is 11.5 Å². The first kappa shape index (κ1) is 17.1. The number of rotatable bonds is 3. The Balaban J connectivity index is 1.71. The topological polar surface area (TPSA) is 105 Å². The van der Waals surface area contributed by atoms with Crippen LogP contribution in [-0.4, -0.2) is 26.8 Å². The lowest BCUT2D eigenvalue weighted by molar-refractivity contribution is -0.116. The van der Waals surface area contributed by atoms with E-state index in [0.29, 0.717) is 22.9 Å². The van der Waals surface area contributed by atoms with Gasteiger partial charge in [-0.3, -0.25) is 14.5 Å². The second-order valence-corrected chi connectivity index (χ2v) is 7.08. The molecule has 2 aromatic heterocycles. The second kappa shape index (κ2) is 6.27. The lowest BCUT2D eigenvalue weighted by Crippen LogP contribution is -2.21. The van der Waals surface area contributed by atoms with Gasteiger partial charge >= 0.3 is 0 Å². The Morgan fingerprint density at radius 2 is 1.90 bits per heavy atom. The van der Waals surface area contributed by atoms with Crippen molar-refractivity contribution < 1.29 is 9.59 Å². The summed E-state index contributed by atoms with van der Waals surface area (Å²) in [7, 11) is 0. The molecule has 2 aromatic carbocycles. The van der Waals surface area contributed by atoms with Crippen molar-refractivity contribution >= 4 is 34.2 Å². The molecule has 1 aliphatic heterocycles. The minimum Gasteiger partial charge on any atom is -0.364 e. The summed E-state index contributed by atoms with van der Waals surface area (Å²) in [6.07, 6.45) is 1.89. The number of fused-ring (bicyclic) bond motifs is 2. The Morgan fingerprint density at radius 1 is 1.10 bits per heavy atom. The van der Waals surface area contributed by atoms with Crippen LogP contribution in [0.2, 0.25) is 0 Å². The minimum absolute atomic E-state index is 0.0403. The number of nitrogens with zero attached hydrogens (tertiary/aromatic N) is 3. The van der Waals surface area contributed by atoms with E-state index in [1.165, 1.54) is 4.90 Å².